The van der Waals surface area contributed by atoms with Gasteiger partial charge in [0.2, 0.25) is 0 Å². The molecule has 3 nitrogen and oxygen atoms in total. The Bertz CT molecular complexity index is 254. The second-order valence-corrected chi connectivity index (χ2v) is 3.26. The summed E-state index contributed by atoms with van der Waals surface area (Å²) >= 11 is 0. The Morgan fingerprint density at radius 3 is 2.58 bits per heavy atom. The van der Waals surface area contributed by atoms with Gasteiger partial charge >= 0.3 is 5.97 Å². The number of rotatable bonds is 1. The number of carbonyl (C=O) groups is 2. The molecule has 1 aliphatic carbocycles. The van der Waals surface area contributed by atoms with E-state index in [0.29, 0.717) is 18.4 Å². The average Bonchev–Trinajstić information content (AvgIpc) is 2.33. The van der Waals surface area contributed by atoms with Crippen LogP contribution in [0.1, 0.15) is 19.8 Å². The second-order valence-electron chi connectivity index (χ2n) is 3.26. The molecule has 0 spiro atoms. The number of ketones is 1. The molecule has 1 unspecified atom stereocenters. The molecule has 1 aliphatic rings. The van der Waals surface area contributed by atoms with Crippen LogP contribution in [0.5, 0.6) is 0 Å². The van der Waals surface area contributed by atoms with Gasteiger partial charge in [-0.05, 0) is 25.3 Å². The fourth-order valence-corrected chi connectivity index (χ4v) is 1.44. The fraction of sp³-hybridized carbons (Fsp3) is 0.556. The lowest BCUT2D eigenvalue weighted by molar-refractivity contribution is -0.154. The van der Waals surface area contributed by atoms with Crippen LogP contribution >= 0.6 is 0 Å². The highest BCUT2D eigenvalue weighted by Gasteiger charge is 2.47. The first-order valence-electron chi connectivity index (χ1n) is 3.83. The van der Waals surface area contributed by atoms with Crippen LogP contribution in [0.4, 0.5) is 0 Å². The van der Waals surface area contributed by atoms with Crippen LogP contribution in [-0.2, 0) is 14.3 Å². The molecule has 0 aromatic rings. The third kappa shape index (κ3) is 1.05. The Balaban J connectivity index is 2.93. The van der Waals surface area contributed by atoms with E-state index < -0.39 is 11.4 Å². The fourth-order valence-electron chi connectivity index (χ4n) is 1.44. The summed E-state index contributed by atoms with van der Waals surface area (Å²) in [7, 11) is 1.29. The summed E-state index contributed by atoms with van der Waals surface area (Å²) in [5, 5.41) is 0. The molecule has 0 bridgehead atoms. The second kappa shape index (κ2) is 2.73. The van der Waals surface area contributed by atoms with Gasteiger partial charge < -0.3 is 4.74 Å². The minimum atomic E-state index is -0.966. The van der Waals surface area contributed by atoms with Crippen molar-refractivity contribution in [2.75, 3.05) is 7.11 Å². The minimum Gasteiger partial charge on any atom is -0.468 e. The van der Waals surface area contributed by atoms with Crippen molar-refractivity contribution >= 4 is 11.8 Å². The summed E-state index contributed by atoms with van der Waals surface area (Å²) in [5.41, 5.74) is -0.436. The number of ether oxygens (including phenoxy) is 1. The van der Waals surface area contributed by atoms with Gasteiger partial charge in [-0.2, -0.15) is 0 Å². The van der Waals surface area contributed by atoms with Crippen molar-refractivity contribution in [1.82, 2.24) is 0 Å². The van der Waals surface area contributed by atoms with Gasteiger partial charge in [-0.3, -0.25) is 9.59 Å². The molecule has 66 valence electrons. The van der Waals surface area contributed by atoms with Crippen LogP contribution in [0, 0.1) is 5.41 Å². The zero-order chi connectivity index (χ0) is 9.35. The molecule has 12 heavy (non-hydrogen) atoms. The molecule has 0 aromatic heterocycles. The van der Waals surface area contributed by atoms with Crippen LogP contribution in [0.3, 0.4) is 0 Å². The van der Waals surface area contributed by atoms with E-state index in [1.165, 1.54) is 7.11 Å². The van der Waals surface area contributed by atoms with Gasteiger partial charge in [0.05, 0.1) is 7.11 Å². The van der Waals surface area contributed by atoms with E-state index in [2.05, 4.69) is 11.3 Å². The first-order chi connectivity index (χ1) is 5.52. The van der Waals surface area contributed by atoms with E-state index in [0.717, 1.165) is 0 Å². The van der Waals surface area contributed by atoms with Crippen molar-refractivity contribution in [3.63, 3.8) is 0 Å². The summed E-state index contributed by atoms with van der Waals surface area (Å²) in [6, 6.07) is 0. The quantitative estimate of drug-likeness (QED) is 0.334. The normalized spacial score (nSPS) is 29.2. The van der Waals surface area contributed by atoms with Crippen LogP contribution in [-0.4, -0.2) is 18.9 Å². The number of esters is 1. The van der Waals surface area contributed by atoms with Crippen LogP contribution < -0.4 is 0 Å². The monoisotopic (exact) mass is 168 g/mol. The number of methoxy groups -OCH3 is 1. The smallest absolute Gasteiger partial charge is 0.319 e. The summed E-state index contributed by atoms with van der Waals surface area (Å²) < 4.78 is 4.56. The SMILES string of the molecule is C=C1CCC(C)(C(=O)OC)C1=O. The van der Waals surface area contributed by atoms with Gasteiger partial charge in [-0.25, -0.2) is 0 Å². The third-order valence-electron chi connectivity index (χ3n) is 2.38. The van der Waals surface area contributed by atoms with E-state index in [4.69, 9.17) is 0 Å². The largest absolute Gasteiger partial charge is 0.468 e. The lowest BCUT2D eigenvalue weighted by atomic mass is 9.87. The lowest BCUT2D eigenvalue weighted by Gasteiger charge is -2.17. The molecule has 0 aromatic carbocycles. The first-order valence-corrected chi connectivity index (χ1v) is 3.83. The van der Waals surface area contributed by atoms with Crippen molar-refractivity contribution in [1.29, 1.82) is 0 Å². The van der Waals surface area contributed by atoms with Crippen LogP contribution in [0.15, 0.2) is 12.2 Å². The third-order valence-corrected chi connectivity index (χ3v) is 2.38. The number of carbonyl (C=O) groups excluding carboxylic acids is 2. The van der Waals surface area contributed by atoms with Crippen molar-refractivity contribution in [2.45, 2.75) is 19.8 Å². The number of allylic oxidation sites excluding steroid dienone is 1. The van der Waals surface area contributed by atoms with E-state index in [1.807, 2.05) is 0 Å². The molecule has 0 radical (unpaired) electrons. The molecule has 1 rings (SSSR count). The molecular formula is C9H12O3. The van der Waals surface area contributed by atoms with Gasteiger partial charge in [0.15, 0.2) is 5.78 Å². The Morgan fingerprint density at radius 2 is 2.25 bits per heavy atom. The maximum atomic E-state index is 11.4. The molecule has 1 saturated carbocycles. The van der Waals surface area contributed by atoms with E-state index in [9.17, 15) is 9.59 Å². The van der Waals surface area contributed by atoms with Gasteiger partial charge in [-0.1, -0.05) is 6.58 Å². The van der Waals surface area contributed by atoms with Gasteiger partial charge in [-0.15, -0.1) is 0 Å². The van der Waals surface area contributed by atoms with Crippen LogP contribution in [0.25, 0.3) is 0 Å². The number of Topliss-reactive ketones (excluding diaryl/α,β-unsaturated/α-hetero) is 1. The zero-order valence-corrected chi connectivity index (χ0v) is 7.35. The molecule has 3 heteroatoms. The van der Waals surface area contributed by atoms with Crippen molar-refractivity contribution in [3.8, 4) is 0 Å². The van der Waals surface area contributed by atoms with E-state index in [-0.39, 0.29) is 5.78 Å². The summed E-state index contributed by atoms with van der Waals surface area (Å²) in [6.07, 6.45) is 1.13. The Kier molecular flexibility index (Phi) is 2.04. The molecule has 0 N–H and O–H groups in total. The molecule has 1 atom stereocenters. The zero-order valence-electron chi connectivity index (χ0n) is 7.35. The molecule has 0 amide bonds. The average molecular weight is 168 g/mol. The molecule has 0 saturated heterocycles. The molecule has 1 fully saturated rings. The summed E-state index contributed by atoms with van der Waals surface area (Å²) in [6.45, 7) is 5.20. The maximum absolute atomic E-state index is 11.4. The van der Waals surface area contributed by atoms with Gasteiger partial charge in [0.25, 0.3) is 0 Å². The highest BCUT2D eigenvalue weighted by atomic mass is 16.5. The van der Waals surface area contributed by atoms with Crippen LogP contribution in [0.2, 0.25) is 0 Å². The lowest BCUT2D eigenvalue weighted by Crippen LogP contribution is -2.33. The summed E-state index contributed by atoms with van der Waals surface area (Å²) in [4.78, 5) is 22.6. The Labute approximate surface area is 71.4 Å². The summed E-state index contributed by atoms with van der Waals surface area (Å²) in [5.74, 6) is -0.625. The van der Waals surface area contributed by atoms with Crippen molar-refractivity contribution in [3.05, 3.63) is 12.2 Å². The highest BCUT2D eigenvalue weighted by Crippen LogP contribution is 2.37. The highest BCUT2D eigenvalue weighted by molar-refractivity contribution is 6.13. The van der Waals surface area contributed by atoms with Gasteiger partial charge in [0.1, 0.15) is 5.41 Å². The first kappa shape index (κ1) is 8.97. The topological polar surface area (TPSA) is 43.4 Å². The van der Waals surface area contributed by atoms with Crippen molar-refractivity contribution < 1.29 is 14.3 Å². The molecule has 0 aliphatic heterocycles. The standard InChI is InChI=1S/C9H12O3/c1-6-4-5-9(2,7(6)10)8(11)12-3/h1,4-5H2,2-3H3. The predicted octanol–water partition coefficient (Wildman–Crippen LogP) is 1.08. The molecule has 0 heterocycles. The number of hydrogen-bond acceptors (Lipinski definition) is 3. The Morgan fingerprint density at radius 1 is 1.67 bits per heavy atom. The Hall–Kier alpha value is -1.12. The van der Waals surface area contributed by atoms with E-state index in [1.54, 1.807) is 6.92 Å². The number of hydrogen-bond donors (Lipinski definition) is 0. The van der Waals surface area contributed by atoms with Gasteiger partial charge in [0, 0.05) is 0 Å². The van der Waals surface area contributed by atoms with E-state index >= 15 is 0 Å². The maximum Gasteiger partial charge on any atom is 0.319 e. The minimum absolute atomic E-state index is 0.172. The molecular weight excluding hydrogens is 156 g/mol. The van der Waals surface area contributed by atoms with Crippen molar-refractivity contribution in [2.24, 2.45) is 5.41 Å². The predicted molar refractivity (Wildman–Crippen MR) is 43.5 cm³/mol.